The van der Waals surface area contributed by atoms with Gasteiger partial charge in [-0.15, -0.1) is 0 Å². The van der Waals surface area contributed by atoms with Crippen molar-refractivity contribution in [3.05, 3.63) is 22.8 Å². The Morgan fingerprint density at radius 2 is 2.09 bits per heavy atom. The van der Waals surface area contributed by atoms with Crippen LogP contribution in [-0.4, -0.2) is 0 Å². The summed E-state index contributed by atoms with van der Waals surface area (Å²) in [6.07, 6.45) is 4.83. The molecule has 1 rings (SSSR count). The lowest BCUT2D eigenvalue weighted by molar-refractivity contribution is 0.666. The van der Waals surface area contributed by atoms with Crippen molar-refractivity contribution in [1.82, 2.24) is 0 Å². The number of rotatable bonds is 1. The fraction of sp³-hybridized carbons (Fsp3) is 0.636. The summed E-state index contributed by atoms with van der Waals surface area (Å²) in [7, 11) is 0. The van der Waals surface area contributed by atoms with E-state index < -0.39 is 0 Å². The molecule has 1 aliphatic rings. The predicted molar refractivity (Wildman–Crippen MR) is 50.5 cm³/mol. The average Bonchev–Trinajstić information content (AvgIpc) is 2.01. The maximum absolute atomic E-state index is 2.40. The van der Waals surface area contributed by atoms with Gasteiger partial charge in [0, 0.05) is 0 Å². The molecular formula is C11H18. The molecule has 0 bridgehead atoms. The summed E-state index contributed by atoms with van der Waals surface area (Å²) < 4.78 is 0. The van der Waals surface area contributed by atoms with E-state index in [0.29, 0.717) is 0 Å². The molecule has 1 atom stereocenters. The van der Waals surface area contributed by atoms with Crippen LogP contribution in [0.25, 0.3) is 0 Å². The smallest absolute Gasteiger partial charge is 0.0194 e. The van der Waals surface area contributed by atoms with E-state index >= 15 is 0 Å². The van der Waals surface area contributed by atoms with Gasteiger partial charge in [-0.2, -0.15) is 0 Å². The minimum Gasteiger partial charge on any atom is -0.0805 e. The van der Waals surface area contributed by atoms with Gasteiger partial charge in [-0.05, 0) is 43.8 Å². The zero-order valence-electron chi connectivity index (χ0n) is 8.07. The molecule has 0 saturated carbocycles. The summed E-state index contributed by atoms with van der Waals surface area (Å²) in [5.74, 6) is 0.769. The molecule has 0 aliphatic heterocycles. The van der Waals surface area contributed by atoms with Crippen LogP contribution >= 0.6 is 0 Å². The molecule has 0 heteroatoms. The highest BCUT2D eigenvalue weighted by Crippen LogP contribution is 2.30. The first-order valence-corrected chi connectivity index (χ1v) is 4.53. The molecule has 0 N–H and O–H groups in total. The largest absolute Gasteiger partial charge is 0.0805 e. The van der Waals surface area contributed by atoms with E-state index in [2.05, 4.69) is 33.8 Å². The molecule has 0 heterocycles. The van der Waals surface area contributed by atoms with Crippen molar-refractivity contribution in [1.29, 1.82) is 0 Å². The molecule has 0 aromatic rings. The van der Waals surface area contributed by atoms with Crippen LogP contribution in [0.5, 0.6) is 0 Å². The van der Waals surface area contributed by atoms with Crippen LogP contribution in [-0.2, 0) is 0 Å². The van der Waals surface area contributed by atoms with Gasteiger partial charge in [0.25, 0.3) is 0 Å². The highest BCUT2D eigenvalue weighted by Gasteiger charge is 2.13. The van der Waals surface area contributed by atoms with Crippen molar-refractivity contribution < 1.29 is 0 Å². The Kier molecular flexibility index (Phi) is 2.53. The van der Waals surface area contributed by atoms with Crippen LogP contribution in [0.1, 0.15) is 40.5 Å². The SMILES string of the molecule is CCC1=CC[C@@H](C)C(C)=C1C. The van der Waals surface area contributed by atoms with Gasteiger partial charge in [0.15, 0.2) is 0 Å². The van der Waals surface area contributed by atoms with E-state index in [9.17, 15) is 0 Å². The van der Waals surface area contributed by atoms with Crippen molar-refractivity contribution in [2.24, 2.45) is 5.92 Å². The van der Waals surface area contributed by atoms with Crippen molar-refractivity contribution in [3.63, 3.8) is 0 Å². The van der Waals surface area contributed by atoms with E-state index in [4.69, 9.17) is 0 Å². The Bertz CT molecular complexity index is 206. The Labute approximate surface area is 70.0 Å². The number of hydrogen-bond donors (Lipinski definition) is 0. The first-order chi connectivity index (χ1) is 5.16. The van der Waals surface area contributed by atoms with Crippen molar-refractivity contribution in [3.8, 4) is 0 Å². The van der Waals surface area contributed by atoms with E-state index in [-0.39, 0.29) is 0 Å². The molecule has 11 heavy (non-hydrogen) atoms. The molecule has 1 aliphatic carbocycles. The first-order valence-electron chi connectivity index (χ1n) is 4.53. The summed E-state index contributed by atoms with van der Waals surface area (Å²) >= 11 is 0. The summed E-state index contributed by atoms with van der Waals surface area (Å²) in [6.45, 7) is 9.06. The van der Waals surface area contributed by atoms with E-state index in [1.165, 1.54) is 18.4 Å². The van der Waals surface area contributed by atoms with Crippen LogP contribution in [0.4, 0.5) is 0 Å². The van der Waals surface area contributed by atoms with Crippen LogP contribution in [0.15, 0.2) is 22.8 Å². The molecule has 0 unspecified atom stereocenters. The molecule has 0 nitrogen and oxygen atoms in total. The van der Waals surface area contributed by atoms with E-state index in [1.54, 1.807) is 11.1 Å². The standard InChI is InChI=1S/C11H18/c1-5-11-7-6-8(2)9(3)10(11)4/h7-8H,5-6H2,1-4H3/t8-/m1/s1. The summed E-state index contributed by atoms with van der Waals surface area (Å²) in [6, 6.07) is 0. The van der Waals surface area contributed by atoms with Gasteiger partial charge in [0.2, 0.25) is 0 Å². The third kappa shape index (κ3) is 1.55. The maximum Gasteiger partial charge on any atom is -0.0194 e. The summed E-state index contributed by atoms with van der Waals surface area (Å²) in [5, 5.41) is 0. The molecule has 0 fully saturated rings. The first kappa shape index (κ1) is 8.58. The summed E-state index contributed by atoms with van der Waals surface area (Å²) in [4.78, 5) is 0. The average molecular weight is 150 g/mol. The third-order valence-electron chi connectivity index (χ3n) is 2.91. The van der Waals surface area contributed by atoms with Gasteiger partial charge >= 0.3 is 0 Å². The van der Waals surface area contributed by atoms with Crippen molar-refractivity contribution in [2.75, 3.05) is 0 Å². The van der Waals surface area contributed by atoms with Gasteiger partial charge in [-0.3, -0.25) is 0 Å². The molecule has 0 saturated heterocycles. The Morgan fingerprint density at radius 1 is 1.45 bits per heavy atom. The Balaban J connectivity index is 2.90. The minimum atomic E-state index is 0.769. The van der Waals surface area contributed by atoms with E-state index in [1.807, 2.05) is 0 Å². The number of allylic oxidation sites excluding steroid dienone is 4. The molecule has 0 spiro atoms. The Hall–Kier alpha value is -0.520. The normalized spacial score (nSPS) is 25.5. The second-order valence-electron chi connectivity index (χ2n) is 3.53. The third-order valence-corrected chi connectivity index (χ3v) is 2.91. The van der Waals surface area contributed by atoms with E-state index in [0.717, 1.165) is 5.92 Å². The molecule has 62 valence electrons. The minimum absolute atomic E-state index is 0.769. The van der Waals surface area contributed by atoms with Crippen molar-refractivity contribution in [2.45, 2.75) is 40.5 Å². The van der Waals surface area contributed by atoms with Crippen LogP contribution in [0, 0.1) is 5.92 Å². The topological polar surface area (TPSA) is 0 Å². The fourth-order valence-electron chi connectivity index (χ4n) is 1.68. The van der Waals surface area contributed by atoms with Crippen LogP contribution in [0.3, 0.4) is 0 Å². The maximum atomic E-state index is 2.40. The van der Waals surface area contributed by atoms with Gasteiger partial charge in [-0.25, -0.2) is 0 Å². The van der Waals surface area contributed by atoms with Gasteiger partial charge in [-0.1, -0.05) is 25.5 Å². The second kappa shape index (κ2) is 3.25. The quantitative estimate of drug-likeness (QED) is 0.534. The second-order valence-corrected chi connectivity index (χ2v) is 3.53. The van der Waals surface area contributed by atoms with Crippen molar-refractivity contribution >= 4 is 0 Å². The molecule has 0 amide bonds. The van der Waals surface area contributed by atoms with Gasteiger partial charge < -0.3 is 0 Å². The highest BCUT2D eigenvalue weighted by molar-refractivity contribution is 5.36. The lowest BCUT2D eigenvalue weighted by Crippen LogP contribution is -2.05. The van der Waals surface area contributed by atoms with Gasteiger partial charge in [0.1, 0.15) is 0 Å². The Morgan fingerprint density at radius 3 is 2.64 bits per heavy atom. The highest BCUT2D eigenvalue weighted by atomic mass is 14.2. The number of hydrogen-bond acceptors (Lipinski definition) is 0. The summed E-state index contributed by atoms with van der Waals surface area (Å²) in [5.41, 5.74) is 4.68. The lowest BCUT2D eigenvalue weighted by Gasteiger charge is -2.21. The lowest BCUT2D eigenvalue weighted by atomic mass is 9.85. The predicted octanol–water partition coefficient (Wildman–Crippen LogP) is 3.70. The fourth-order valence-corrected chi connectivity index (χ4v) is 1.68. The van der Waals surface area contributed by atoms with Crippen LogP contribution < -0.4 is 0 Å². The zero-order valence-corrected chi connectivity index (χ0v) is 8.07. The van der Waals surface area contributed by atoms with Gasteiger partial charge in [0.05, 0.1) is 0 Å². The van der Waals surface area contributed by atoms with Crippen LogP contribution in [0.2, 0.25) is 0 Å². The molecule has 0 aromatic carbocycles. The zero-order chi connectivity index (χ0) is 8.43. The molecular weight excluding hydrogens is 132 g/mol. The molecule has 0 radical (unpaired) electrons. The monoisotopic (exact) mass is 150 g/mol. The molecule has 0 aromatic heterocycles.